The quantitative estimate of drug-likeness (QED) is 0.574. The number of aromatic amines is 2. The molecule has 4 aromatic rings. The van der Waals surface area contributed by atoms with Crippen molar-refractivity contribution in [3.63, 3.8) is 0 Å². The first-order valence-corrected chi connectivity index (χ1v) is 9.98. The Morgan fingerprint density at radius 2 is 1.93 bits per heavy atom. The Morgan fingerprint density at radius 1 is 1.07 bits per heavy atom. The highest BCUT2D eigenvalue weighted by atomic mass is 16.1. The van der Waals surface area contributed by atoms with Crippen molar-refractivity contribution >= 4 is 21.8 Å². The largest absolute Gasteiger partial charge is 0.357 e. The van der Waals surface area contributed by atoms with Crippen LogP contribution < -0.4 is 5.56 Å². The molecule has 5 heteroatoms. The van der Waals surface area contributed by atoms with E-state index in [9.17, 15) is 4.79 Å². The van der Waals surface area contributed by atoms with Crippen LogP contribution in [0.3, 0.4) is 0 Å². The summed E-state index contributed by atoms with van der Waals surface area (Å²) in [6, 6.07) is 14.3. The second-order valence-electron chi connectivity index (χ2n) is 7.74. The normalized spacial score (nSPS) is 14.6. The van der Waals surface area contributed by atoms with Crippen LogP contribution in [0.5, 0.6) is 0 Å². The summed E-state index contributed by atoms with van der Waals surface area (Å²) in [5, 5.41) is 2.04. The van der Waals surface area contributed by atoms with Crippen molar-refractivity contribution < 1.29 is 0 Å². The first kappa shape index (κ1) is 17.2. The molecule has 0 bridgehead atoms. The predicted molar refractivity (Wildman–Crippen MR) is 113 cm³/mol. The number of H-pyrrole nitrogens is 2. The number of para-hydroxylation sites is 2. The third kappa shape index (κ3) is 3.02. The summed E-state index contributed by atoms with van der Waals surface area (Å²) in [5.41, 5.74) is 5.89. The maximum atomic E-state index is 12.3. The van der Waals surface area contributed by atoms with E-state index in [-0.39, 0.29) is 5.56 Å². The number of nitrogens with one attached hydrogen (secondary N) is 2. The molecule has 0 amide bonds. The molecule has 0 atom stereocenters. The molecule has 28 heavy (non-hydrogen) atoms. The zero-order chi connectivity index (χ0) is 19.1. The van der Waals surface area contributed by atoms with Crippen molar-refractivity contribution in [3.8, 4) is 0 Å². The standard InChI is InChI=1S/C23H24N4O/c1-15-6-4-8-18-22(15)25-21(26-23(18)28)10-5-12-27-13-11-17-16-7-2-3-9-19(16)24-20(17)14-27/h2-4,6-9,24H,5,10-14H2,1H3,(H,25,26,28). The molecule has 0 radical (unpaired) electrons. The minimum absolute atomic E-state index is 0.0376. The van der Waals surface area contributed by atoms with Crippen molar-refractivity contribution in [1.29, 1.82) is 0 Å². The number of fused-ring (bicyclic) bond motifs is 4. The van der Waals surface area contributed by atoms with E-state index >= 15 is 0 Å². The highest BCUT2D eigenvalue weighted by Crippen LogP contribution is 2.27. The molecule has 0 spiro atoms. The van der Waals surface area contributed by atoms with Crippen molar-refractivity contribution in [1.82, 2.24) is 19.9 Å². The van der Waals surface area contributed by atoms with Crippen LogP contribution in [-0.4, -0.2) is 32.9 Å². The van der Waals surface area contributed by atoms with Crippen LogP contribution in [0.15, 0.2) is 47.3 Å². The third-order valence-corrected chi connectivity index (χ3v) is 5.84. The van der Waals surface area contributed by atoms with Gasteiger partial charge in [0.2, 0.25) is 0 Å². The average molecular weight is 372 g/mol. The number of aryl methyl sites for hydroxylation is 2. The Balaban J connectivity index is 1.27. The summed E-state index contributed by atoms with van der Waals surface area (Å²) in [4.78, 5) is 26.1. The highest BCUT2D eigenvalue weighted by Gasteiger charge is 2.20. The van der Waals surface area contributed by atoms with Crippen LogP contribution in [0.25, 0.3) is 21.8 Å². The Morgan fingerprint density at radius 3 is 2.86 bits per heavy atom. The minimum atomic E-state index is -0.0376. The second kappa shape index (κ2) is 6.91. The number of nitrogens with zero attached hydrogens (tertiary/aromatic N) is 2. The summed E-state index contributed by atoms with van der Waals surface area (Å²) in [6.45, 7) is 5.05. The van der Waals surface area contributed by atoms with Gasteiger partial charge in [0.05, 0.1) is 10.9 Å². The molecular formula is C23H24N4O. The topological polar surface area (TPSA) is 64.8 Å². The lowest BCUT2D eigenvalue weighted by molar-refractivity contribution is 0.248. The van der Waals surface area contributed by atoms with Gasteiger partial charge in [0.25, 0.3) is 5.56 Å². The lowest BCUT2D eigenvalue weighted by Gasteiger charge is -2.26. The van der Waals surface area contributed by atoms with Gasteiger partial charge in [-0.2, -0.15) is 0 Å². The van der Waals surface area contributed by atoms with Gasteiger partial charge in [0.1, 0.15) is 5.82 Å². The van der Waals surface area contributed by atoms with Gasteiger partial charge >= 0.3 is 0 Å². The molecule has 0 saturated carbocycles. The molecule has 2 aromatic carbocycles. The summed E-state index contributed by atoms with van der Waals surface area (Å²) >= 11 is 0. The minimum Gasteiger partial charge on any atom is -0.357 e. The van der Waals surface area contributed by atoms with Crippen LogP contribution in [0.2, 0.25) is 0 Å². The molecule has 0 saturated heterocycles. The van der Waals surface area contributed by atoms with Gasteiger partial charge in [-0.05, 0) is 49.6 Å². The lowest BCUT2D eigenvalue weighted by Crippen LogP contribution is -2.31. The fourth-order valence-corrected chi connectivity index (χ4v) is 4.38. The van der Waals surface area contributed by atoms with E-state index in [1.54, 1.807) is 0 Å². The van der Waals surface area contributed by atoms with E-state index in [1.807, 2.05) is 25.1 Å². The molecule has 3 heterocycles. The average Bonchev–Trinajstić information content (AvgIpc) is 3.07. The zero-order valence-corrected chi connectivity index (χ0v) is 16.1. The van der Waals surface area contributed by atoms with Gasteiger partial charge in [0, 0.05) is 36.1 Å². The fraction of sp³-hybridized carbons (Fsp3) is 0.304. The predicted octanol–water partition coefficient (Wildman–Crippen LogP) is 3.70. The summed E-state index contributed by atoms with van der Waals surface area (Å²) < 4.78 is 0. The lowest BCUT2D eigenvalue weighted by atomic mass is 10.0. The van der Waals surface area contributed by atoms with Crippen molar-refractivity contribution in [3.05, 3.63) is 75.5 Å². The van der Waals surface area contributed by atoms with Crippen LogP contribution in [0.1, 0.15) is 29.1 Å². The first-order chi connectivity index (χ1) is 13.7. The molecule has 2 aromatic heterocycles. The van der Waals surface area contributed by atoms with Crippen LogP contribution in [0, 0.1) is 6.92 Å². The van der Waals surface area contributed by atoms with E-state index in [0.29, 0.717) is 5.39 Å². The molecule has 1 aliphatic rings. The molecule has 0 unspecified atom stereocenters. The molecule has 5 rings (SSSR count). The van der Waals surface area contributed by atoms with Crippen molar-refractivity contribution in [2.75, 3.05) is 13.1 Å². The maximum Gasteiger partial charge on any atom is 0.258 e. The summed E-state index contributed by atoms with van der Waals surface area (Å²) in [5.74, 6) is 0.787. The SMILES string of the molecule is Cc1cccc2c(=O)[nH]c(CCCN3CCc4c([nH]c5ccccc45)C3)nc12. The van der Waals surface area contributed by atoms with Gasteiger partial charge in [-0.25, -0.2) is 4.98 Å². The molecule has 1 aliphatic heterocycles. The molecular weight excluding hydrogens is 348 g/mol. The smallest absolute Gasteiger partial charge is 0.258 e. The number of rotatable bonds is 4. The highest BCUT2D eigenvalue weighted by molar-refractivity contribution is 5.84. The molecule has 2 N–H and O–H groups in total. The van der Waals surface area contributed by atoms with E-state index in [0.717, 1.165) is 55.8 Å². The fourth-order valence-electron chi connectivity index (χ4n) is 4.38. The third-order valence-electron chi connectivity index (χ3n) is 5.84. The number of aromatic nitrogens is 3. The monoisotopic (exact) mass is 372 g/mol. The van der Waals surface area contributed by atoms with Crippen LogP contribution in [-0.2, 0) is 19.4 Å². The van der Waals surface area contributed by atoms with Gasteiger partial charge in [0.15, 0.2) is 0 Å². The van der Waals surface area contributed by atoms with Gasteiger partial charge in [-0.15, -0.1) is 0 Å². The van der Waals surface area contributed by atoms with Gasteiger partial charge < -0.3 is 9.97 Å². The molecule has 5 nitrogen and oxygen atoms in total. The Hall–Kier alpha value is -2.92. The summed E-state index contributed by atoms with van der Waals surface area (Å²) in [6.07, 6.45) is 2.86. The van der Waals surface area contributed by atoms with Crippen LogP contribution in [0.4, 0.5) is 0 Å². The van der Waals surface area contributed by atoms with E-state index in [1.165, 1.54) is 22.2 Å². The number of benzene rings is 2. The van der Waals surface area contributed by atoms with Gasteiger partial charge in [-0.3, -0.25) is 9.69 Å². The van der Waals surface area contributed by atoms with E-state index < -0.39 is 0 Å². The maximum absolute atomic E-state index is 12.3. The van der Waals surface area contributed by atoms with Crippen LogP contribution >= 0.6 is 0 Å². The first-order valence-electron chi connectivity index (χ1n) is 9.98. The Bertz CT molecular complexity index is 1220. The molecule has 0 fully saturated rings. The second-order valence-corrected chi connectivity index (χ2v) is 7.74. The van der Waals surface area contributed by atoms with Crippen molar-refractivity contribution in [2.24, 2.45) is 0 Å². The molecule has 142 valence electrons. The number of hydrogen-bond donors (Lipinski definition) is 2. The van der Waals surface area contributed by atoms with Gasteiger partial charge in [-0.1, -0.05) is 30.3 Å². The Kier molecular flexibility index (Phi) is 4.24. The summed E-state index contributed by atoms with van der Waals surface area (Å²) in [7, 11) is 0. The number of hydrogen-bond acceptors (Lipinski definition) is 3. The van der Waals surface area contributed by atoms with Crippen molar-refractivity contribution in [2.45, 2.75) is 32.7 Å². The zero-order valence-electron chi connectivity index (χ0n) is 16.1. The Labute approximate surface area is 163 Å². The van der Waals surface area contributed by atoms with E-state index in [4.69, 9.17) is 4.98 Å². The van der Waals surface area contributed by atoms with E-state index in [2.05, 4.69) is 39.1 Å². The molecule has 0 aliphatic carbocycles.